The van der Waals surface area contributed by atoms with E-state index in [1.165, 1.54) is 12.8 Å². The van der Waals surface area contributed by atoms with E-state index in [1.54, 1.807) is 17.1 Å². The van der Waals surface area contributed by atoms with E-state index in [-0.39, 0.29) is 5.91 Å². The SMILES string of the molecule is CN(CC1CC1)C(=O)/C=C/c1ccc2ccc(Cl)cc2n1. The van der Waals surface area contributed by atoms with Crippen LogP contribution >= 0.6 is 11.6 Å². The van der Waals surface area contributed by atoms with Crippen molar-refractivity contribution < 1.29 is 4.79 Å². The predicted octanol–water partition coefficient (Wildman–Crippen LogP) is 3.77. The Morgan fingerprint density at radius 2 is 2.14 bits per heavy atom. The summed E-state index contributed by atoms with van der Waals surface area (Å²) in [5.41, 5.74) is 1.60. The summed E-state index contributed by atoms with van der Waals surface area (Å²) in [6, 6.07) is 9.50. The number of hydrogen-bond donors (Lipinski definition) is 0. The van der Waals surface area contributed by atoms with E-state index in [0.29, 0.717) is 10.9 Å². The number of hydrogen-bond acceptors (Lipinski definition) is 2. The molecule has 4 heteroatoms. The van der Waals surface area contributed by atoms with Crippen molar-refractivity contribution in [3.8, 4) is 0 Å². The Kier molecular flexibility index (Phi) is 3.93. The van der Waals surface area contributed by atoms with E-state index < -0.39 is 0 Å². The minimum Gasteiger partial charge on any atom is -0.342 e. The summed E-state index contributed by atoms with van der Waals surface area (Å²) in [4.78, 5) is 18.3. The molecule has 0 atom stereocenters. The van der Waals surface area contributed by atoms with E-state index in [1.807, 2.05) is 37.4 Å². The molecule has 0 unspecified atom stereocenters. The summed E-state index contributed by atoms with van der Waals surface area (Å²) < 4.78 is 0. The van der Waals surface area contributed by atoms with Crippen LogP contribution in [0, 0.1) is 5.92 Å². The molecular weight excluding hydrogens is 284 g/mol. The lowest BCUT2D eigenvalue weighted by Crippen LogP contribution is -2.26. The number of benzene rings is 1. The van der Waals surface area contributed by atoms with Crippen molar-refractivity contribution in [3.63, 3.8) is 0 Å². The number of halogens is 1. The first-order valence-corrected chi connectivity index (χ1v) is 7.49. The highest BCUT2D eigenvalue weighted by molar-refractivity contribution is 6.31. The van der Waals surface area contributed by atoms with E-state index in [2.05, 4.69) is 4.98 Å². The molecule has 1 aromatic heterocycles. The fourth-order valence-corrected chi connectivity index (χ4v) is 2.43. The fourth-order valence-electron chi connectivity index (χ4n) is 2.26. The number of amides is 1. The summed E-state index contributed by atoms with van der Waals surface area (Å²) >= 11 is 5.98. The number of carbonyl (C=O) groups excluding carboxylic acids is 1. The highest BCUT2D eigenvalue weighted by Crippen LogP contribution is 2.29. The van der Waals surface area contributed by atoms with Gasteiger partial charge in [-0.2, -0.15) is 0 Å². The van der Waals surface area contributed by atoms with Gasteiger partial charge in [0.1, 0.15) is 0 Å². The zero-order chi connectivity index (χ0) is 14.8. The van der Waals surface area contributed by atoms with Gasteiger partial charge in [-0.25, -0.2) is 4.98 Å². The largest absolute Gasteiger partial charge is 0.342 e. The highest BCUT2D eigenvalue weighted by Gasteiger charge is 2.23. The van der Waals surface area contributed by atoms with Gasteiger partial charge in [0, 0.05) is 30.1 Å². The molecule has 1 aliphatic rings. The van der Waals surface area contributed by atoms with Gasteiger partial charge >= 0.3 is 0 Å². The maximum Gasteiger partial charge on any atom is 0.246 e. The third kappa shape index (κ3) is 3.61. The lowest BCUT2D eigenvalue weighted by molar-refractivity contribution is -0.124. The molecule has 1 heterocycles. The van der Waals surface area contributed by atoms with E-state index in [9.17, 15) is 4.79 Å². The molecule has 0 spiro atoms. The minimum atomic E-state index is 0.0230. The number of carbonyl (C=O) groups is 1. The van der Waals surface area contributed by atoms with Crippen molar-refractivity contribution >= 4 is 34.5 Å². The average molecular weight is 301 g/mol. The van der Waals surface area contributed by atoms with Crippen LogP contribution in [0.5, 0.6) is 0 Å². The number of aromatic nitrogens is 1. The Bertz CT molecular complexity index is 707. The van der Waals surface area contributed by atoms with Gasteiger partial charge in [0.2, 0.25) is 5.91 Å². The average Bonchev–Trinajstić information content (AvgIpc) is 3.28. The molecule has 3 nitrogen and oxygen atoms in total. The third-order valence-corrected chi connectivity index (χ3v) is 3.91. The molecule has 1 aliphatic carbocycles. The molecule has 3 rings (SSSR count). The van der Waals surface area contributed by atoms with Crippen molar-refractivity contribution in [1.29, 1.82) is 0 Å². The van der Waals surface area contributed by atoms with Crippen LogP contribution in [-0.4, -0.2) is 29.4 Å². The third-order valence-electron chi connectivity index (χ3n) is 3.68. The summed E-state index contributed by atoms with van der Waals surface area (Å²) in [7, 11) is 1.85. The van der Waals surface area contributed by atoms with Crippen molar-refractivity contribution in [2.24, 2.45) is 5.92 Å². The monoisotopic (exact) mass is 300 g/mol. The van der Waals surface area contributed by atoms with Gasteiger partial charge in [0.05, 0.1) is 11.2 Å². The minimum absolute atomic E-state index is 0.0230. The zero-order valence-corrected chi connectivity index (χ0v) is 12.7. The fraction of sp³-hybridized carbons (Fsp3) is 0.294. The van der Waals surface area contributed by atoms with Gasteiger partial charge in [-0.15, -0.1) is 0 Å². The Morgan fingerprint density at radius 1 is 1.38 bits per heavy atom. The molecule has 0 aliphatic heterocycles. The van der Waals surface area contributed by atoms with Crippen LogP contribution in [0.15, 0.2) is 36.4 Å². The summed E-state index contributed by atoms with van der Waals surface area (Å²) in [6.07, 6.45) is 5.83. The Labute approximate surface area is 129 Å². The quantitative estimate of drug-likeness (QED) is 0.805. The Morgan fingerprint density at radius 3 is 2.90 bits per heavy atom. The second kappa shape index (κ2) is 5.86. The van der Waals surface area contributed by atoms with Crippen molar-refractivity contribution in [1.82, 2.24) is 9.88 Å². The maximum absolute atomic E-state index is 12.0. The normalized spacial score (nSPS) is 14.8. The van der Waals surface area contributed by atoms with Gasteiger partial charge in [0.15, 0.2) is 0 Å². The van der Waals surface area contributed by atoms with Crippen LogP contribution in [-0.2, 0) is 4.79 Å². The first-order valence-electron chi connectivity index (χ1n) is 7.11. The first-order chi connectivity index (χ1) is 10.1. The van der Waals surface area contributed by atoms with Gasteiger partial charge < -0.3 is 4.90 Å². The number of rotatable bonds is 4. The molecule has 1 amide bonds. The molecule has 1 saturated carbocycles. The molecule has 2 aromatic rings. The van der Waals surface area contributed by atoms with E-state index >= 15 is 0 Å². The molecule has 0 radical (unpaired) electrons. The maximum atomic E-state index is 12.0. The standard InChI is InChI=1S/C17H17ClN2O/c1-20(11-12-2-3-12)17(21)9-8-15-7-5-13-4-6-14(18)10-16(13)19-15/h4-10,12H,2-3,11H2,1H3/b9-8+. The van der Waals surface area contributed by atoms with E-state index in [4.69, 9.17) is 11.6 Å². The van der Waals surface area contributed by atoms with Crippen molar-refractivity contribution in [3.05, 3.63) is 47.1 Å². The molecule has 0 N–H and O–H groups in total. The lowest BCUT2D eigenvalue weighted by atomic mass is 10.2. The van der Waals surface area contributed by atoms with Gasteiger partial charge in [-0.3, -0.25) is 4.79 Å². The topological polar surface area (TPSA) is 33.2 Å². The van der Waals surface area contributed by atoms with Crippen LogP contribution < -0.4 is 0 Å². The Hall–Kier alpha value is -1.87. The number of pyridine rings is 1. The number of fused-ring (bicyclic) bond motifs is 1. The number of likely N-dealkylation sites (N-methyl/N-ethyl adjacent to an activating group) is 1. The van der Waals surface area contributed by atoms with Gasteiger partial charge in [0.25, 0.3) is 0 Å². The molecule has 1 fully saturated rings. The van der Waals surface area contributed by atoms with Crippen LogP contribution in [0.2, 0.25) is 5.02 Å². The van der Waals surface area contributed by atoms with E-state index in [0.717, 1.165) is 23.1 Å². The van der Waals surface area contributed by atoms with Gasteiger partial charge in [-0.1, -0.05) is 23.7 Å². The second-order valence-electron chi connectivity index (χ2n) is 5.57. The summed E-state index contributed by atoms with van der Waals surface area (Å²) in [5, 5.41) is 1.70. The van der Waals surface area contributed by atoms with Crippen molar-refractivity contribution in [2.75, 3.05) is 13.6 Å². The smallest absolute Gasteiger partial charge is 0.246 e. The Balaban J connectivity index is 1.73. The van der Waals surface area contributed by atoms with Crippen LogP contribution in [0.3, 0.4) is 0 Å². The molecule has 0 saturated heterocycles. The second-order valence-corrected chi connectivity index (χ2v) is 6.01. The molecule has 1 aromatic carbocycles. The molecule has 21 heavy (non-hydrogen) atoms. The van der Waals surface area contributed by atoms with Gasteiger partial charge in [-0.05, 0) is 43.0 Å². The number of nitrogens with zero attached hydrogens (tertiary/aromatic N) is 2. The van der Waals surface area contributed by atoms with Crippen LogP contribution in [0.25, 0.3) is 17.0 Å². The molecule has 108 valence electrons. The zero-order valence-electron chi connectivity index (χ0n) is 11.9. The van der Waals surface area contributed by atoms with Crippen molar-refractivity contribution in [2.45, 2.75) is 12.8 Å². The van der Waals surface area contributed by atoms with Crippen LogP contribution in [0.1, 0.15) is 18.5 Å². The summed E-state index contributed by atoms with van der Waals surface area (Å²) in [5.74, 6) is 0.725. The van der Waals surface area contributed by atoms with Crippen LogP contribution in [0.4, 0.5) is 0 Å². The lowest BCUT2D eigenvalue weighted by Gasteiger charge is -2.13. The molecule has 0 bridgehead atoms. The highest BCUT2D eigenvalue weighted by atomic mass is 35.5. The summed E-state index contributed by atoms with van der Waals surface area (Å²) in [6.45, 7) is 0.851. The molecular formula is C17H17ClN2O. The predicted molar refractivity (Wildman–Crippen MR) is 86.1 cm³/mol. The first kappa shape index (κ1) is 14.1.